The summed E-state index contributed by atoms with van der Waals surface area (Å²) in [7, 11) is 0. The minimum absolute atomic E-state index is 0.505. The van der Waals surface area contributed by atoms with Gasteiger partial charge in [0.15, 0.2) is 11.6 Å². The lowest BCUT2D eigenvalue weighted by atomic mass is 10.2. The van der Waals surface area contributed by atoms with Gasteiger partial charge in [0.25, 0.3) is 0 Å². The van der Waals surface area contributed by atoms with E-state index in [0.717, 1.165) is 12.3 Å². The van der Waals surface area contributed by atoms with Gasteiger partial charge in [0.05, 0.1) is 6.42 Å². The first kappa shape index (κ1) is 13.2. The van der Waals surface area contributed by atoms with Crippen LogP contribution in [0.3, 0.4) is 0 Å². The second-order valence-electron chi connectivity index (χ2n) is 3.12. The van der Waals surface area contributed by atoms with E-state index >= 15 is 0 Å². The molecule has 0 atom stereocenters. The van der Waals surface area contributed by atoms with Crippen LogP contribution in [0, 0.1) is 5.82 Å². The Morgan fingerprint density at radius 3 is 2.65 bits per heavy atom. The highest BCUT2D eigenvalue weighted by Crippen LogP contribution is 2.20. The minimum Gasteiger partial charge on any atom is -0.478 e. The number of carboxylic acids is 1. The molecule has 2 N–H and O–H groups in total. The molecule has 0 radical (unpaired) electrons. The van der Waals surface area contributed by atoms with E-state index in [1.165, 1.54) is 0 Å². The van der Waals surface area contributed by atoms with Crippen LogP contribution < -0.4 is 5.32 Å². The molecular weight excluding hydrogens is 244 g/mol. The van der Waals surface area contributed by atoms with Crippen LogP contribution in [0.25, 0.3) is 0 Å². The van der Waals surface area contributed by atoms with Crippen molar-refractivity contribution in [2.75, 3.05) is 11.9 Å². The zero-order valence-corrected chi connectivity index (χ0v) is 8.38. The van der Waals surface area contributed by atoms with Gasteiger partial charge in [-0.3, -0.25) is 0 Å². The summed E-state index contributed by atoms with van der Waals surface area (Å²) in [5, 5.41) is 10.7. The van der Waals surface area contributed by atoms with Crippen LogP contribution in [-0.2, 0) is 0 Å². The van der Waals surface area contributed by atoms with E-state index in [1.54, 1.807) is 0 Å². The summed E-state index contributed by atoms with van der Waals surface area (Å²) in [6, 6.07) is 0.923. The van der Waals surface area contributed by atoms with Crippen LogP contribution in [0.15, 0.2) is 12.3 Å². The molecule has 0 aromatic carbocycles. The normalized spacial score (nSPS) is 11.3. The molecule has 0 bridgehead atoms. The maximum absolute atomic E-state index is 13.4. The number of halogens is 4. The Labute approximate surface area is 93.3 Å². The van der Waals surface area contributed by atoms with Gasteiger partial charge in [0, 0.05) is 12.7 Å². The monoisotopic (exact) mass is 252 g/mol. The van der Waals surface area contributed by atoms with E-state index in [0.29, 0.717) is 0 Å². The molecule has 0 saturated carbocycles. The largest absolute Gasteiger partial charge is 0.478 e. The molecule has 0 aliphatic heterocycles. The standard InChI is InChI=1S/C9H8F4N2O2/c10-6-5(8(16)17)1-3-14-7(6)15-4-2-9(11,12)13/h1,3H,2,4H2,(H,14,15)(H,16,17). The summed E-state index contributed by atoms with van der Waals surface area (Å²) in [4.78, 5) is 14.0. The topological polar surface area (TPSA) is 62.2 Å². The zero-order valence-electron chi connectivity index (χ0n) is 8.38. The van der Waals surface area contributed by atoms with Crippen LogP contribution in [0.5, 0.6) is 0 Å². The number of carbonyl (C=O) groups is 1. The van der Waals surface area contributed by atoms with Gasteiger partial charge in [-0.1, -0.05) is 0 Å². The lowest BCUT2D eigenvalue weighted by Crippen LogP contribution is -2.16. The van der Waals surface area contributed by atoms with E-state index in [-0.39, 0.29) is 0 Å². The van der Waals surface area contributed by atoms with E-state index in [4.69, 9.17) is 5.11 Å². The molecule has 1 aromatic heterocycles. The van der Waals surface area contributed by atoms with Crippen LogP contribution in [0.2, 0.25) is 0 Å². The number of anilines is 1. The molecule has 0 aliphatic rings. The molecule has 0 amide bonds. The highest BCUT2D eigenvalue weighted by Gasteiger charge is 2.26. The fourth-order valence-corrected chi connectivity index (χ4v) is 1.05. The van der Waals surface area contributed by atoms with Crippen LogP contribution in [0.4, 0.5) is 23.4 Å². The van der Waals surface area contributed by atoms with Gasteiger partial charge in [0.2, 0.25) is 0 Å². The quantitative estimate of drug-likeness (QED) is 0.807. The second kappa shape index (κ2) is 4.98. The average Bonchev–Trinajstić information content (AvgIpc) is 2.18. The Hall–Kier alpha value is -1.86. The van der Waals surface area contributed by atoms with Crippen LogP contribution >= 0.6 is 0 Å². The summed E-state index contributed by atoms with van der Waals surface area (Å²) in [5.74, 6) is -3.19. The van der Waals surface area contributed by atoms with E-state index in [9.17, 15) is 22.4 Å². The van der Waals surface area contributed by atoms with Crippen molar-refractivity contribution in [2.24, 2.45) is 0 Å². The molecule has 1 aromatic rings. The number of alkyl halides is 3. The van der Waals surface area contributed by atoms with Gasteiger partial charge >= 0.3 is 12.1 Å². The number of rotatable bonds is 4. The molecule has 0 aliphatic carbocycles. The van der Waals surface area contributed by atoms with Gasteiger partial charge in [-0.05, 0) is 6.07 Å². The van der Waals surface area contributed by atoms with Crippen LogP contribution in [0.1, 0.15) is 16.8 Å². The Morgan fingerprint density at radius 2 is 2.12 bits per heavy atom. The first-order valence-corrected chi connectivity index (χ1v) is 4.49. The first-order chi connectivity index (χ1) is 7.81. The molecule has 8 heteroatoms. The molecule has 17 heavy (non-hydrogen) atoms. The maximum atomic E-state index is 13.4. The number of nitrogens with zero attached hydrogens (tertiary/aromatic N) is 1. The van der Waals surface area contributed by atoms with Gasteiger partial charge < -0.3 is 10.4 Å². The van der Waals surface area contributed by atoms with Gasteiger partial charge in [-0.15, -0.1) is 0 Å². The SMILES string of the molecule is O=C(O)c1ccnc(NCCC(F)(F)F)c1F. The van der Waals surface area contributed by atoms with Gasteiger partial charge in [0.1, 0.15) is 5.56 Å². The van der Waals surface area contributed by atoms with Crippen molar-refractivity contribution in [3.63, 3.8) is 0 Å². The first-order valence-electron chi connectivity index (χ1n) is 4.49. The number of nitrogens with one attached hydrogen (secondary N) is 1. The molecule has 94 valence electrons. The zero-order chi connectivity index (χ0) is 13.1. The molecule has 0 spiro atoms. The Kier molecular flexibility index (Phi) is 3.87. The average molecular weight is 252 g/mol. The van der Waals surface area contributed by atoms with E-state index in [2.05, 4.69) is 10.3 Å². The number of hydrogen-bond donors (Lipinski definition) is 2. The second-order valence-corrected chi connectivity index (χ2v) is 3.12. The fraction of sp³-hybridized carbons (Fsp3) is 0.333. The van der Waals surface area contributed by atoms with Crippen LogP contribution in [-0.4, -0.2) is 28.8 Å². The van der Waals surface area contributed by atoms with Crippen molar-refractivity contribution < 1.29 is 27.5 Å². The predicted molar refractivity (Wildman–Crippen MR) is 50.3 cm³/mol. The summed E-state index contributed by atoms with van der Waals surface area (Å²) in [6.45, 7) is -0.573. The third kappa shape index (κ3) is 3.89. The molecule has 0 unspecified atom stereocenters. The number of pyridine rings is 1. The summed E-state index contributed by atoms with van der Waals surface area (Å²) in [5.41, 5.74) is -0.644. The van der Waals surface area contributed by atoms with E-state index in [1.807, 2.05) is 0 Å². The fourth-order valence-electron chi connectivity index (χ4n) is 1.05. The van der Waals surface area contributed by atoms with Crippen molar-refractivity contribution in [1.82, 2.24) is 4.98 Å². The summed E-state index contributed by atoms with van der Waals surface area (Å²) < 4.78 is 48.8. The Morgan fingerprint density at radius 1 is 1.47 bits per heavy atom. The Bertz CT molecular complexity index is 420. The highest BCUT2D eigenvalue weighted by atomic mass is 19.4. The maximum Gasteiger partial charge on any atom is 0.390 e. The lowest BCUT2D eigenvalue weighted by molar-refractivity contribution is -0.131. The number of carboxylic acid groups (broad SMARTS) is 1. The summed E-state index contributed by atoms with van der Waals surface area (Å²) in [6.07, 6.45) is -4.53. The van der Waals surface area contributed by atoms with Crippen molar-refractivity contribution >= 4 is 11.8 Å². The Balaban J connectivity index is 2.72. The number of hydrogen-bond acceptors (Lipinski definition) is 3. The molecule has 0 saturated heterocycles. The molecular formula is C9H8F4N2O2. The molecule has 1 rings (SSSR count). The van der Waals surface area contributed by atoms with Gasteiger partial charge in [-0.2, -0.15) is 13.2 Å². The van der Waals surface area contributed by atoms with Crippen molar-refractivity contribution in [2.45, 2.75) is 12.6 Å². The highest BCUT2D eigenvalue weighted by molar-refractivity contribution is 5.88. The number of aromatic carboxylic acids is 1. The molecule has 4 nitrogen and oxygen atoms in total. The third-order valence-electron chi connectivity index (χ3n) is 1.82. The minimum atomic E-state index is -4.37. The molecule has 0 fully saturated rings. The predicted octanol–water partition coefficient (Wildman–Crippen LogP) is 2.28. The summed E-state index contributed by atoms with van der Waals surface area (Å²) >= 11 is 0. The van der Waals surface area contributed by atoms with Crippen molar-refractivity contribution in [3.8, 4) is 0 Å². The molecule has 1 heterocycles. The van der Waals surface area contributed by atoms with Gasteiger partial charge in [-0.25, -0.2) is 14.2 Å². The lowest BCUT2D eigenvalue weighted by Gasteiger charge is -2.09. The number of aromatic nitrogens is 1. The van der Waals surface area contributed by atoms with Crippen molar-refractivity contribution in [3.05, 3.63) is 23.6 Å². The van der Waals surface area contributed by atoms with Crippen molar-refractivity contribution in [1.29, 1.82) is 0 Å². The van der Waals surface area contributed by atoms with E-state index < -0.39 is 42.3 Å². The third-order valence-corrected chi connectivity index (χ3v) is 1.82. The smallest absolute Gasteiger partial charge is 0.390 e.